The Labute approximate surface area is 67.2 Å². The summed E-state index contributed by atoms with van der Waals surface area (Å²) in [5.74, 6) is 0. The smallest absolute Gasteiger partial charge is 0.290 e. The van der Waals surface area contributed by atoms with E-state index in [1.807, 2.05) is 13.8 Å². The SMILES string of the molecule is CC(C)n1cc(Br)nc1F. The molecule has 1 rings (SSSR count). The van der Waals surface area contributed by atoms with Crippen LogP contribution in [0.3, 0.4) is 0 Å². The van der Waals surface area contributed by atoms with Crippen LogP contribution < -0.4 is 0 Å². The summed E-state index contributed by atoms with van der Waals surface area (Å²) in [5.41, 5.74) is 0. The van der Waals surface area contributed by atoms with Crippen LogP contribution in [0.5, 0.6) is 0 Å². The van der Waals surface area contributed by atoms with Gasteiger partial charge in [0, 0.05) is 12.2 Å². The molecule has 2 nitrogen and oxygen atoms in total. The van der Waals surface area contributed by atoms with Crippen LogP contribution in [-0.2, 0) is 0 Å². The molecule has 0 amide bonds. The molecule has 10 heavy (non-hydrogen) atoms. The van der Waals surface area contributed by atoms with Gasteiger partial charge in [0.15, 0.2) is 0 Å². The van der Waals surface area contributed by atoms with Crippen molar-refractivity contribution in [2.24, 2.45) is 0 Å². The minimum atomic E-state index is -0.443. The lowest BCUT2D eigenvalue weighted by Gasteiger charge is -2.04. The van der Waals surface area contributed by atoms with Crippen molar-refractivity contribution in [2.45, 2.75) is 19.9 Å². The molecule has 0 fully saturated rings. The van der Waals surface area contributed by atoms with E-state index in [0.29, 0.717) is 4.60 Å². The van der Waals surface area contributed by atoms with Gasteiger partial charge in [0.25, 0.3) is 6.08 Å². The molecule has 56 valence electrons. The first-order valence-corrected chi connectivity index (χ1v) is 3.80. The Morgan fingerprint density at radius 3 is 2.50 bits per heavy atom. The maximum Gasteiger partial charge on any atom is 0.290 e. The van der Waals surface area contributed by atoms with Crippen molar-refractivity contribution in [1.29, 1.82) is 0 Å². The van der Waals surface area contributed by atoms with Gasteiger partial charge in [-0.2, -0.15) is 9.37 Å². The third kappa shape index (κ3) is 1.37. The minimum absolute atomic E-state index is 0.124. The molecule has 4 heteroatoms. The molecule has 0 aliphatic carbocycles. The summed E-state index contributed by atoms with van der Waals surface area (Å²) in [6, 6.07) is 0.124. The molecule has 0 saturated heterocycles. The van der Waals surface area contributed by atoms with E-state index in [1.54, 1.807) is 6.20 Å². The van der Waals surface area contributed by atoms with Crippen LogP contribution in [0.25, 0.3) is 0 Å². The number of hydrogen-bond donors (Lipinski definition) is 0. The summed E-state index contributed by atoms with van der Waals surface area (Å²) in [7, 11) is 0. The Morgan fingerprint density at radius 1 is 1.70 bits per heavy atom. The van der Waals surface area contributed by atoms with Gasteiger partial charge in [-0.3, -0.25) is 0 Å². The Hall–Kier alpha value is -0.380. The highest BCUT2D eigenvalue weighted by Gasteiger charge is 2.06. The lowest BCUT2D eigenvalue weighted by atomic mass is 10.4. The topological polar surface area (TPSA) is 17.8 Å². The maximum atomic E-state index is 12.7. The van der Waals surface area contributed by atoms with Crippen LogP contribution in [0.4, 0.5) is 4.39 Å². The van der Waals surface area contributed by atoms with Gasteiger partial charge in [-0.15, -0.1) is 0 Å². The zero-order valence-electron chi connectivity index (χ0n) is 5.81. The summed E-state index contributed by atoms with van der Waals surface area (Å²) in [5, 5.41) is 0. The standard InChI is InChI=1S/C6H8BrFN2/c1-4(2)10-3-5(7)9-6(10)8/h3-4H,1-2H3. The molecule has 0 aliphatic rings. The van der Waals surface area contributed by atoms with Crippen molar-refractivity contribution < 1.29 is 4.39 Å². The molecule has 0 aromatic carbocycles. The summed E-state index contributed by atoms with van der Waals surface area (Å²) in [6.07, 6.45) is 1.18. The molecule has 1 heterocycles. The molecule has 1 aromatic rings. The van der Waals surface area contributed by atoms with Crippen LogP contribution in [0.15, 0.2) is 10.8 Å². The van der Waals surface area contributed by atoms with Gasteiger partial charge in [-0.25, -0.2) is 0 Å². The maximum absolute atomic E-state index is 12.7. The highest BCUT2D eigenvalue weighted by molar-refractivity contribution is 9.10. The first kappa shape index (κ1) is 7.72. The molecule has 1 aromatic heterocycles. The van der Waals surface area contributed by atoms with Gasteiger partial charge in [0.1, 0.15) is 4.60 Å². The van der Waals surface area contributed by atoms with E-state index in [2.05, 4.69) is 20.9 Å². The molecule has 0 spiro atoms. The molecule has 0 N–H and O–H groups in total. The molecular formula is C6H8BrFN2. The average Bonchev–Trinajstić information content (AvgIpc) is 2.10. The number of imidazole rings is 1. The molecular weight excluding hydrogens is 199 g/mol. The Kier molecular flexibility index (Phi) is 2.08. The largest absolute Gasteiger partial charge is 0.304 e. The molecule has 0 atom stereocenters. The Bertz CT molecular complexity index is 232. The summed E-state index contributed by atoms with van der Waals surface area (Å²) in [6.45, 7) is 3.80. The summed E-state index contributed by atoms with van der Waals surface area (Å²) in [4.78, 5) is 3.55. The molecule has 0 radical (unpaired) electrons. The van der Waals surface area contributed by atoms with E-state index < -0.39 is 6.08 Å². The highest BCUT2D eigenvalue weighted by Crippen LogP contribution is 2.13. The second kappa shape index (κ2) is 2.70. The van der Waals surface area contributed by atoms with E-state index >= 15 is 0 Å². The van der Waals surface area contributed by atoms with E-state index in [-0.39, 0.29) is 6.04 Å². The van der Waals surface area contributed by atoms with E-state index in [1.165, 1.54) is 4.57 Å². The fourth-order valence-corrected chi connectivity index (χ4v) is 1.07. The van der Waals surface area contributed by atoms with Crippen molar-refractivity contribution in [1.82, 2.24) is 9.55 Å². The Balaban J connectivity index is 3.03. The summed E-state index contributed by atoms with van der Waals surface area (Å²) >= 11 is 3.08. The monoisotopic (exact) mass is 206 g/mol. The third-order valence-electron chi connectivity index (χ3n) is 1.21. The van der Waals surface area contributed by atoms with Crippen molar-refractivity contribution in [3.05, 3.63) is 16.9 Å². The van der Waals surface area contributed by atoms with Crippen LogP contribution in [0.2, 0.25) is 0 Å². The van der Waals surface area contributed by atoms with Gasteiger partial charge in [0.05, 0.1) is 0 Å². The van der Waals surface area contributed by atoms with Crippen molar-refractivity contribution >= 4 is 15.9 Å². The van der Waals surface area contributed by atoms with Crippen molar-refractivity contribution in [2.75, 3.05) is 0 Å². The normalized spacial score (nSPS) is 10.9. The van der Waals surface area contributed by atoms with Crippen LogP contribution in [0.1, 0.15) is 19.9 Å². The number of aromatic nitrogens is 2. The van der Waals surface area contributed by atoms with Crippen LogP contribution in [0, 0.1) is 6.08 Å². The highest BCUT2D eigenvalue weighted by atomic mass is 79.9. The zero-order chi connectivity index (χ0) is 7.72. The van der Waals surface area contributed by atoms with Gasteiger partial charge in [-0.1, -0.05) is 0 Å². The predicted octanol–water partition coefficient (Wildman–Crippen LogP) is 2.37. The molecule has 0 bridgehead atoms. The fourth-order valence-electron chi connectivity index (χ4n) is 0.705. The van der Waals surface area contributed by atoms with Crippen molar-refractivity contribution in [3.8, 4) is 0 Å². The zero-order valence-corrected chi connectivity index (χ0v) is 7.39. The molecule has 0 unspecified atom stereocenters. The van der Waals surface area contributed by atoms with Gasteiger partial charge >= 0.3 is 0 Å². The second-order valence-corrected chi connectivity index (χ2v) is 3.15. The number of hydrogen-bond acceptors (Lipinski definition) is 1. The lowest BCUT2D eigenvalue weighted by Crippen LogP contribution is -2.01. The lowest BCUT2D eigenvalue weighted by molar-refractivity contribution is 0.434. The average molecular weight is 207 g/mol. The van der Waals surface area contributed by atoms with E-state index in [0.717, 1.165) is 0 Å². The van der Waals surface area contributed by atoms with E-state index in [9.17, 15) is 4.39 Å². The van der Waals surface area contributed by atoms with E-state index in [4.69, 9.17) is 0 Å². The van der Waals surface area contributed by atoms with Crippen LogP contribution in [-0.4, -0.2) is 9.55 Å². The Morgan fingerprint density at radius 2 is 2.30 bits per heavy atom. The first-order valence-electron chi connectivity index (χ1n) is 3.01. The fraction of sp³-hybridized carbons (Fsp3) is 0.500. The first-order chi connectivity index (χ1) is 4.61. The second-order valence-electron chi connectivity index (χ2n) is 2.33. The van der Waals surface area contributed by atoms with Gasteiger partial charge < -0.3 is 4.57 Å². The van der Waals surface area contributed by atoms with Gasteiger partial charge in [0.2, 0.25) is 0 Å². The summed E-state index contributed by atoms with van der Waals surface area (Å²) < 4.78 is 14.7. The predicted molar refractivity (Wildman–Crippen MR) is 40.3 cm³/mol. The van der Waals surface area contributed by atoms with Crippen LogP contribution >= 0.6 is 15.9 Å². The number of nitrogens with zero attached hydrogens (tertiary/aromatic N) is 2. The third-order valence-corrected chi connectivity index (χ3v) is 1.60. The van der Waals surface area contributed by atoms with Gasteiger partial charge in [-0.05, 0) is 29.8 Å². The molecule has 0 aliphatic heterocycles. The number of halogens is 2. The van der Waals surface area contributed by atoms with Crippen molar-refractivity contribution in [3.63, 3.8) is 0 Å². The quantitative estimate of drug-likeness (QED) is 0.691. The number of rotatable bonds is 1. The minimum Gasteiger partial charge on any atom is -0.304 e. The molecule has 0 saturated carbocycles.